The van der Waals surface area contributed by atoms with E-state index in [1.54, 1.807) is 6.07 Å². The molecule has 3 N–H and O–H groups in total. The van der Waals surface area contributed by atoms with Gasteiger partial charge in [0.1, 0.15) is 0 Å². The van der Waals surface area contributed by atoms with Crippen molar-refractivity contribution in [1.29, 1.82) is 0 Å². The summed E-state index contributed by atoms with van der Waals surface area (Å²) in [6.07, 6.45) is 1.23. The second-order valence-electron chi connectivity index (χ2n) is 5.90. The maximum atomic E-state index is 11.2. The first-order valence-corrected chi connectivity index (χ1v) is 7.80. The Hall–Kier alpha value is -1.16. The van der Waals surface area contributed by atoms with Gasteiger partial charge in [0, 0.05) is 23.0 Å². The van der Waals surface area contributed by atoms with Crippen LogP contribution >= 0.6 is 11.8 Å². The van der Waals surface area contributed by atoms with E-state index in [-0.39, 0.29) is 5.91 Å². The Morgan fingerprint density at radius 3 is 2.79 bits per heavy atom. The molecule has 1 unspecified atom stereocenters. The Kier molecular flexibility index (Phi) is 4.09. The number of hydrogen-bond donors (Lipinski definition) is 2. The third kappa shape index (κ3) is 3.24. The van der Waals surface area contributed by atoms with Gasteiger partial charge in [-0.3, -0.25) is 4.79 Å². The molecule has 3 nitrogen and oxygen atoms in total. The van der Waals surface area contributed by atoms with Gasteiger partial charge < -0.3 is 11.1 Å². The molecule has 1 heterocycles. The summed E-state index contributed by atoms with van der Waals surface area (Å²) in [5.41, 5.74) is 8.35. The van der Waals surface area contributed by atoms with Crippen molar-refractivity contribution in [2.45, 2.75) is 33.2 Å². The number of carbonyl (C=O) groups excluding carboxylic acids is 1. The molecule has 19 heavy (non-hydrogen) atoms. The molecule has 0 bridgehead atoms. The van der Waals surface area contributed by atoms with Gasteiger partial charge in [0.2, 0.25) is 5.91 Å². The largest absolute Gasteiger partial charge is 0.381 e. The number of aryl methyl sites for hydroxylation is 1. The standard InChI is InChI=1S/C15H22N2OS/c1-10-8-11(14(16)18)4-5-12(10)17-13-9-19-7-6-15(13,2)3/h4-5,8,13,17H,6-7,9H2,1-3H3,(H2,16,18). The summed E-state index contributed by atoms with van der Waals surface area (Å²) in [5, 5.41) is 3.63. The van der Waals surface area contributed by atoms with Gasteiger partial charge in [-0.05, 0) is 48.3 Å². The molecule has 1 atom stereocenters. The lowest BCUT2D eigenvalue weighted by molar-refractivity contribution is 0.1000. The van der Waals surface area contributed by atoms with Crippen LogP contribution in [0, 0.1) is 12.3 Å². The Morgan fingerprint density at radius 1 is 1.47 bits per heavy atom. The highest BCUT2D eigenvalue weighted by molar-refractivity contribution is 7.99. The molecule has 0 spiro atoms. The Labute approximate surface area is 119 Å². The van der Waals surface area contributed by atoms with E-state index in [9.17, 15) is 4.79 Å². The molecule has 1 amide bonds. The van der Waals surface area contributed by atoms with E-state index in [1.807, 2.05) is 30.8 Å². The van der Waals surface area contributed by atoms with Gasteiger partial charge in [-0.25, -0.2) is 0 Å². The van der Waals surface area contributed by atoms with E-state index in [0.717, 1.165) is 17.0 Å². The third-order valence-corrected chi connectivity index (χ3v) is 5.02. The summed E-state index contributed by atoms with van der Waals surface area (Å²) in [4.78, 5) is 11.2. The Morgan fingerprint density at radius 2 is 2.21 bits per heavy atom. The van der Waals surface area contributed by atoms with Crippen LogP contribution in [0.25, 0.3) is 0 Å². The number of nitrogens with two attached hydrogens (primary N) is 1. The maximum Gasteiger partial charge on any atom is 0.248 e. The van der Waals surface area contributed by atoms with Gasteiger partial charge >= 0.3 is 0 Å². The molecule has 2 rings (SSSR count). The van der Waals surface area contributed by atoms with E-state index in [4.69, 9.17) is 5.73 Å². The topological polar surface area (TPSA) is 55.1 Å². The normalized spacial score (nSPS) is 21.9. The molecule has 1 aliphatic rings. The number of rotatable bonds is 3. The highest BCUT2D eigenvalue weighted by Gasteiger charge is 2.32. The second-order valence-corrected chi connectivity index (χ2v) is 7.05. The number of carbonyl (C=O) groups is 1. The minimum Gasteiger partial charge on any atom is -0.381 e. The molecule has 1 aromatic rings. The minimum absolute atomic E-state index is 0.306. The number of nitrogens with one attached hydrogen (secondary N) is 1. The molecular weight excluding hydrogens is 256 g/mol. The monoisotopic (exact) mass is 278 g/mol. The van der Waals surface area contributed by atoms with Crippen LogP contribution < -0.4 is 11.1 Å². The number of benzene rings is 1. The molecule has 1 aromatic carbocycles. The first-order valence-electron chi connectivity index (χ1n) is 6.65. The summed E-state index contributed by atoms with van der Waals surface area (Å²) in [7, 11) is 0. The zero-order valence-corrected chi connectivity index (χ0v) is 12.6. The quantitative estimate of drug-likeness (QED) is 0.893. The molecule has 1 fully saturated rings. The van der Waals surface area contributed by atoms with Gasteiger partial charge in [-0.15, -0.1) is 0 Å². The van der Waals surface area contributed by atoms with Crippen molar-refractivity contribution in [2.24, 2.45) is 11.1 Å². The lowest BCUT2D eigenvalue weighted by Crippen LogP contribution is -2.41. The van der Waals surface area contributed by atoms with Crippen LogP contribution in [-0.4, -0.2) is 23.5 Å². The molecule has 104 valence electrons. The Balaban J connectivity index is 2.17. The molecule has 1 aliphatic heterocycles. The first-order chi connectivity index (χ1) is 8.90. The molecule has 0 radical (unpaired) electrons. The Bertz CT molecular complexity index is 485. The highest BCUT2D eigenvalue weighted by Crippen LogP contribution is 2.36. The maximum absolute atomic E-state index is 11.2. The van der Waals surface area contributed by atoms with Crippen molar-refractivity contribution in [1.82, 2.24) is 0 Å². The number of amides is 1. The molecule has 1 saturated heterocycles. The van der Waals surface area contributed by atoms with Crippen LogP contribution in [0.3, 0.4) is 0 Å². The van der Waals surface area contributed by atoms with Crippen LogP contribution in [0.4, 0.5) is 5.69 Å². The smallest absolute Gasteiger partial charge is 0.248 e. The summed E-state index contributed by atoms with van der Waals surface area (Å²) >= 11 is 2.00. The van der Waals surface area contributed by atoms with Crippen LogP contribution in [0.15, 0.2) is 18.2 Å². The first kappa shape index (κ1) is 14.3. The molecule has 0 aromatic heterocycles. The van der Waals surface area contributed by atoms with Crippen molar-refractivity contribution in [3.8, 4) is 0 Å². The van der Waals surface area contributed by atoms with Crippen molar-refractivity contribution in [2.75, 3.05) is 16.8 Å². The fraction of sp³-hybridized carbons (Fsp3) is 0.533. The zero-order valence-electron chi connectivity index (χ0n) is 11.8. The lowest BCUT2D eigenvalue weighted by atomic mass is 9.82. The zero-order chi connectivity index (χ0) is 14.0. The van der Waals surface area contributed by atoms with Crippen molar-refractivity contribution in [3.63, 3.8) is 0 Å². The van der Waals surface area contributed by atoms with E-state index in [2.05, 4.69) is 19.2 Å². The molecule has 4 heteroatoms. The molecule has 0 aliphatic carbocycles. The van der Waals surface area contributed by atoms with Crippen molar-refractivity contribution < 1.29 is 4.79 Å². The number of thioether (sulfide) groups is 1. The number of hydrogen-bond acceptors (Lipinski definition) is 3. The van der Waals surface area contributed by atoms with E-state index < -0.39 is 0 Å². The SMILES string of the molecule is Cc1cc(C(N)=O)ccc1NC1CSCCC1(C)C. The van der Waals surface area contributed by atoms with Crippen LogP contribution in [0.1, 0.15) is 36.2 Å². The third-order valence-electron chi connectivity index (χ3n) is 3.96. The van der Waals surface area contributed by atoms with E-state index in [0.29, 0.717) is 17.0 Å². The fourth-order valence-corrected chi connectivity index (χ4v) is 3.95. The van der Waals surface area contributed by atoms with Crippen molar-refractivity contribution in [3.05, 3.63) is 29.3 Å². The summed E-state index contributed by atoms with van der Waals surface area (Å²) in [6.45, 7) is 6.65. The van der Waals surface area contributed by atoms with E-state index in [1.165, 1.54) is 12.2 Å². The van der Waals surface area contributed by atoms with Gasteiger partial charge in [0.05, 0.1) is 0 Å². The molecule has 0 saturated carbocycles. The van der Waals surface area contributed by atoms with Crippen molar-refractivity contribution >= 4 is 23.4 Å². The minimum atomic E-state index is -0.372. The second kappa shape index (κ2) is 5.45. The van der Waals surface area contributed by atoms with Crippen LogP contribution in [0.5, 0.6) is 0 Å². The summed E-state index contributed by atoms with van der Waals surface area (Å²) in [6, 6.07) is 6.07. The molecular formula is C15H22N2OS. The van der Waals surface area contributed by atoms with Crippen LogP contribution in [0.2, 0.25) is 0 Å². The van der Waals surface area contributed by atoms with Gasteiger partial charge in [-0.1, -0.05) is 13.8 Å². The summed E-state index contributed by atoms with van der Waals surface area (Å²) < 4.78 is 0. The highest BCUT2D eigenvalue weighted by atomic mass is 32.2. The predicted octanol–water partition coefficient (Wildman–Crippen LogP) is 3.04. The summed E-state index contributed by atoms with van der Waals surface area (Å²) in [5.74, 6) is 2.00. The van der Waals surface area contributed by atoms with Gasteiger partial charge in [0.15, 0.2) is 0 Å². The average molecular weight is 278 g/mol. The van der Waals surface area contributed by atoms with E-state index >= 15 is 0 Å². The van der Waals surface area contributed by atoms with Gasteiger partial charge in [-0.2, -0.15) is 11.8 Å². The van der Waals surface area contributed by atoms with Crippen LogP contribution in [-0.2, 0) is 0 Å². The number of anilines is 1. The lowest BCUT2D eigenvalue weighted by Gasteiger charge is -2.39. The predicted molar refractivity (Wildman–Crippen MR) is 82.8 cm³/mol. The average Bonchev–Trinajstić information content (AvgIpc) is 2.33. The number of primary amides is 1. The van der Waals surface area contributed by atoms with Gasteiger partial charge in [0.25, 0.3) is 0 Å². The fourth-order valence-electron chi connectivity index (χ4n) is 2.34.